The second-order valence-electron chi connectivity index (χ2n) is 6.53. The van der Waals surface area contributed by atoms with Crippen LogP contribution in [0.3, 0.4) is 0 Å². The summed E-state index contributed by atoms with van der Waals surface area (Å²) in [5, 5.41) is 14.4. The summed E-state index contributed by atoms with van der Waals surface area (Å²) in [4.78, 5) is 36.4. The molecule has 29 heavy (non-hydrogen) atoms. The van der Waals surface area contributed by atoms with Gasteiger partial charge in [-0.3, -0.25) is 10.1 Å². The van der Waals surface area contributed by atoms with Crippen molar-refractivity contribution in [2.24, 2.45) is 0 Å². The maximum absolute atomic E-state index is 12.9. The fourth-order valence-corrected chi connectivity index (χ4v) is 3.42. The Kier molecular flexibility index (Phi) is 7.52. The van der Waals surface area contributed by atoms with Gasteiger partial charge in [0, 0.05) is 23.5 Å². The number of esters is 2. The van der Waals surface area contributed by atoms with E-state index in [2.05, 4.69) is 5.32 Å². The average Bonchev–Trinajstić information content (AvgIpc) is 2.68. The molecule has 0 aliphatic carbocycles. The molecular formula is C21H26N2O6. The summed E-state index contributed by atoms with van der Waals surface area (Å²) < 4.78 is 10.5. The number of carbonyl (C=O) groups is 2. The Labute approximate surface area is 169 Å². The van der Waals surface area contributed by atoms with Crippen molar-refractivity contribution >= 4 is 17.6 Å². The standard InChI is InChI=1S/C21H26N2O6/c1-5-9-16-19(21(25)29-7-3)18(14-10-8-11-15(12-14)23(26)27)17(13(4)22-16)20(24)28-6-2/h8,10-12,18,22H,5-7,9H2,1-4H3. The average molecular weight is 402 g/mol. The topological polar surface area (TPSA) is 108 Å². The highest BCUT2D eigenvalue weighted by Gasteiger charge is 2.39. The van der Waals surface area contributed by atoms with Crippen LogP contribution in [0.4, 0.5) is 5.69 Å². The van der Waals surface area contributed by atoms with Crippen molar-refractivity contribution in [2.45, 2.75) is 46.5 Å². The molecule has 1 aromatic rings. The molecule has 1 unspecified atom stereocenters. The van der Waals surface area contributed by atoms with Gasteiger partial charge in [0.2, 0.25) is 0 Å². The van der Waals surface area contributed by atoms with Crippen molar-refractivity contribution < 1.29 is 24.0 Å². The zero-order valence-electron chi connectivity index (χ0n) is 17.1. The van der Waals surface area contributed by atoms with Crippen molar-refractivity contribution in [1.82, 2.24) is 5.32 Å². The van der Waals surface area contributed by atoms with Gasteiger partial charge in [0.25, 0.3) is 5.69 Å². The Balaban J connectivity index is 2.74. The van der Waals surface area contributed by atoms with E-state index in [1.165, 1.54) is 18.2 Å². The van der Waals surface area contributed by atoms with Gasteiger partial charge in [-0.25, -0.2) is 9.59 Å². The predicted molar refractivity (Wildman–Crippen MR) is 107 cm³/mol. The van der Waals surface area contributed by atoms with Gasteiger partial charge < -0.3 is 14.8 Å². The van der Waals surface area contributed by atoms with E-state index in [0.29, 0.717) is 23.4 Å². The Morgan fingerprint density at radius 2 is 1.72 bits per heavy atom. The number of benzene rings is 1. The van der Waals surface area contributed by atoms with Crippen LogP contribution < -0.4 is 5.32 Å². The number of non-ortho nitro benzene ring substituents is 1. The van der Waals surface area contributed by atoms with E-state index in [0.717, 1.165) is 6.42 Å². The van der Waals surface area contributed by atoms with E-state index in [1.54, 1.807) is 26.8 Å². The molecule has 0 amide bonds. The minimum Gasteiger partial charge on any atom is -0.463 e. The Morgan fingerprint density at radius 3 is 2.28 bits per heavy atom. The van der Waals surface area contributed by atoms with Gasteiger partial charge in [0.05, 0.1) is 35.2 Å². The normalized spacial score (nSPS) is 16.3. The van der Waals surface area contributed by atoms with E-state index >= 15 is 0 Å². The number of allylic oxidation sites excluding steroid dienone is 2. The summed E-state index contributed by atoms with van der Waals surface area (Å²) in [6.07, 6.45) is 1.32. The van der Waals surface area contributed by atoms with E-state index in [-0.39, 0.29) is 30.0 Å². The SMILES string of the molecule is CCCC1=C(C(=O)OCC)C(c2cccc([N+](=O)[O-])c2)C(C(=O)OCC)=C(C)N1. The molecule has 1 aliphatic rings. The van der Waals surface area contributed by atoms with E-state index in [4.69, 9.17) is 9.47 Å². The second kappa shape index (κ2) is 9.86. The minimum atomic E-state index is -0.823. The number of hydrogen-bond acceptors (Lipinski definition) is 7. The third-order valence-electron chi connectivity index (χ3n) is 4.55. The molecule has 2 rings (SSSR count). The molecule has 0 saturated heterocycles. The monoisotopic (exact) mass is 402 g/mol. The number of hydrogen-bond donors (Lipinski definition) is 1. The van der Waals surface area contributed by atoms with Gasteiger partial charge in [-0.2, -0.15) is 0 Å². The molecule has 0 spiro atoms. The van der Waals surface area contributed by atoms with E-state index in [1.807, 2.05) is 6.92 Å². The smallest absolute Gasteiger partial charge is 0.336 e. The summed E-state index contributed by atoms with van der Waals surface area (Å²) >= 11 is 0. The molecule has 1 heterocycles. The first kappa shape index (κ1) is 22.1. The highest BCUT2D eigenvalue weighted by molar-refractivity contribution is 6.00. The van der Waals surface area contributed by atoms with Crippen molar-refractivity contribution in [3.63, 3.8) is 0 Å². The first-order chi connectivity index (χ1) is 13.8. The highest BCUT2D eigenvalue weighted by atomic mass is 16.6. The van der Waals surface area contributed by atoms with Gasteiger partial charge in [0.15, 0.2) is 0 Å². The summed E-state index contributed by atoms with van der Waals surface area (Å²) in [6.45, 7) is 7.42. The summed E-state index contributed by atoms with van der Waals surface area (Å²) in [7, 11) is 0. The minimum absolute atomic E-state index is 0.123. The van der Waals surface area contributed by atoms with Crippen LogP contribution in [0, 0.1) is 10.1 Å². The number of dihydropyridines is 1. The first-order valence-corrected chi connectivity index (χ1v) is 9.64. The van der Waals surface area contributed by atoms with Crippen molar-refractivity contribution in [3.8, 4) is 0 Å². The van der Waals surface area contributed by atoms with Crippen molar-refractivity contribution in [1.29, 1.82) is 0 Å². The Bertz CT molecular complexity index is 872. The maximum Gasteiger partial charge on any atom is 0.336 e. The molecule has 0 fully saturated rings. The predicted octanol–water partition coefficient (Wildman–Crippen LogP) is 3.74. The first-order valence-electron chi connectivity index (χ1n) is 9.64. The summed E-state index contributed by atoms with van der Waals surface area (Å²) in [5.41, 5.74) is 2.06. The molecule has 0 aromatic heterocycles. The Morgan fingerprint density at radius 1 is 1.10 bits per heavy atom. The van der Waals surface area contributed by atoms with E-state index in [9.17, 15) is 19.7 Å². The molecule has 1 aliphatic heterocycles. The van der Waals surface area contributed by atoms with Gasteiger partial charge in [-0.1, -0.05) is 25.5 Å². The molecule has 1 aromatic carbocycles. The third-order valence-corrected chi connectivity index (χ3v) is 4.55. The summed E-state index contributed by atoms with van der Waals surface area (Å²) in [5.74, 6) is -1.96. The van der Waals surface area contributed by atoms with Crippen LogP contribution in [0.25, 0.3) is 0 Å². The number of nitro groups is 1. The lowest BCUT2D eigenvalue weighted by Crippen LogP contribution is -2.33. The quantitative estimate of drug-likeness (QED) is 0.401. The fourth-order valence-electron chi connectivity index (χ4n) is 3.42. The lowest BCUT2D eigenvalue weighted by atomic mass is 9.79. The maximum atomic E-state index is 12.9. The third kappa shape index (κ3) is 4.82. The van der Waals surface area contributed by atoms with Crippen molar-refractivity contribution in [2.75, 3.05) is 13.2 Å². The van der Waals surface area contributed by atoms with Crippen LogP contribution in [0.15, 0.2) is 46.8 Å². The molecule has 8 heteroatoms. The van der Waals surface area contributed by atoms with E-state index < -0.39 is 22.8 Å². The fraction of sp³-hybridized carbons (Fsp3) is 0.429. The lowest BCUT2D eigenvalue weighted by Gasteiger charge is -2.31. The number of carbonyl (C=O) groups excluding carboxylic acids is 2. The van der Waals surface area contributed by atoms with Crippen LogP contribution in [-0.2, 0) is 19.1 Å². The molecule has 1 atom stereocenters. The van der Waals surface area contributed by atoms with Gasteiger partial charge in [-0.05, 0) is 32.8 Å². The molecule has 156 valence electrons. The zero-order valence-corrected chi connectivity index (χ0v) is 17.1. The molecule has 0 saturated carbocycles. The number of rotatable bonds is 8. The van der Waals surface area contributed by atoms with Gasteiger partial charge in [-0.15, -0.1) is 0 Å². The summed E-state index contributed by atoms with van der Waals surface area (Å²) in [6, 6.07) is 5.95. The van der Waals surface area contributed by atoms with Crippen molar-refractivity contribution in [3.05, 3.63) is 62.5 Å². The zero-order chi connectivity index (χ0) is 21.6. The van der Waals surface area contributed by atoms with Gasteiger partial charge >= 0.3 is 11.9 Å². The van der Waals surface area contributed by atoms with Gasteiger partial charge in [0.1, 0.15) is 0 Å². The van der Waals surface area contributed by atoms with Crippen LogP contribution >= 0.6 is 0 Å². The molecule has 8 nitrogen and oxygen atoms in total. The van der Waals surface area contributed by atoms with Crippen LogP contribution in [0.5, 0.6) is 0 Å². The number of ether oxygens (including phenoxy) is 2. The second-order valence-corrected chi connectivity index (χ2v) is 6.53. The molecule has 0 bridgehead atoms. The Hall–Kier alpha value is -3.16. The molecular weight excluding hydrogens is 376 g/mol. The highest BCUT2D eigenvalue weighted by Crippen LogP contribution is 2.41. The van der Waals surface area contributed by atoms with Crippen LogP contribution in [-0.4, -0.2) is 30.1 Å². The lowest BCUT2D eigenvalue weighted by molar-refractivity contribution is -0.384. The number of nitro benzene ring substituents is 1. The number of nitrogens with one attached hydrogen (secondary N) is 1. The molecule has 1 N–H and O–H groups in total. The van der Waals surface area contributed by atoms with Crippen LogP contribution in [0.2, 0.25) is 0 Å². The largest absolute Gasteiger partial charge is 0.463 e. The van der Waals surface area contributed by atoms with Crippen LogP contribution in [0.1, 0.15) is 52.0 Å². The molecule has 0 radical (unpaired) electrons. The number of nitrogens with zero attached hydrogens (tertiary/aromatic N) is 1.